The predicted molar refractivity (Wildman–Crippen MR) is 57.1 cm³/mol. The van der Waals surface area contributed by atoms with Gasteiger partial charge in [-0.3, -0.25) is 0 Å². The maximum Gasteiger partial charge on any atom is 0.00428 e. The molecule has 0 saturated carbocycles. The quantitative estimate of drug-likeness (QED) is 0.580. The standard InChI is InChI=1S/C11H16S/c1-8-7-9(12)5-6-10(8)11(2,3)4/h5-7,12H,1-4H3. The molecule has 0 saturated heterocycles. The number of rotatable bonds is 0. The van der Waals surface area contributed by atoms with Gasteiger partial charge in [-0.05, 0) is 35.6 Å². The average Bonchev–Trinajstić information content (AvgIpc) is 1.83. The molecule has 1 rings (SSSR count). The van der Waals surface area contributed by atoms with Crippen LogP contribution in [-0.2, 0) is 5.41 Å². The first-order chi connectivity index (χ1) is 5.41. The molecule has 0 aliphatic carbocycles. The first kappa shape index (κ1) is 9.66. The summed E-state index contributed by atoms with van der Waals surface area (Å²) in [6.07, 6.45) is 0. The lowest BCUT2D eigenvalue weighted by atomic mass is 9.84. The maximum absolute atomic E-state index is 4.30. The Morgan fingerprint density at radius 3 is 2.17 bits per heavy atom. The lowest BCUT2D eigenvalue weighted by Crippen LogP contribution is -2.12. The van der Waals surface area contributed by atoms with E-state index in [1.807, 2.05) is 0 Å². The minimum atomic E-state index is 0.242. The Labute approximate surface area is 80.4 Å². The van der Waals surface area contributed by atoms with E-state index in [2.05, 4.69) is 58.5 Å². The third-order valence-electron chi connectivity index (χ3n) is 2.02. The van der Waals surface area contributed by atoms with Crippen molar-refractivity contribution in [3.63, 3.8) is 0 Å². The number of hydrogen-bond donors (Lipinski definition) is 1. The van der Waals surface area contributed by atoms with Crippen molar-refractivity contribution >= 4 is 12.6 Å². The van der Waals surface area contributed by atoms with Crippen LogP contribution in [0.2, 0.25) is 0 Å². The Morgan fingerprint density at radius 1 is 1.17 bits per heavy atom. The van der Waals surface area contributed by atoms with Crippen molar-refractivity contribution in [2.45, 2.75) is 38.0 Å². The van der Waals surface area contributed by atoms with Crippen molar-refractivity contribution < 1.29 is 0 Å². The summed E-state index contributed by atoms with van der Waals surface area (Å²) in [5.74, 6) is 0. The van der Waals surface area contributed by atoms with Gasteiger partial charge in [0.15, 0.2) is 0 Å². The third-order valence-corrected chi connectivity index (χ3v) is 2.30. The van der Waals surface area contributed by atoms with Crippen molar-refractivity contribution in [2.75, 3.05) is 0 Å². The van der Waals surface area contributed by atoms with E-state index in [9.17, 15) is 0 Å². The van der Waals surface area contributed by atoms with Crippen LogP contribution in [0.5, 0.6) is 0 Å². The van der Waals surface area contributed by atoms with E-state index in [4.69, 9.17) is 0 Å². The fraction of sp³-hybridized carbons (Fsp3) is 0.455. The zero-order valence-electron chi connectivity index (χ0n) is 8.18. The van der Waals surface area contributed by atoms with Gasteiger partial charge >= 0.3 is 0 Å². The molecule has 0 heterocycles. The van der Waals surface area contributed by atoms with Gasteiger partial charge in [-0.25, -0.2) is 0 Å². The molecule has 1 aromatic carbocycles. The van der Waals surface area contributed by atoms with Gasteiger partial charge in [-0.15, -0.1) is 12.6 Å². The Balaban J connectivity index is 3.19. The van der Waals surface area contributed by atoms with Crippen LogP contribution in [0, 0.1) is 6.92 Å². The fourth-order valence-corrected chi connectivity index (χ4v) is 1.76. The normalized spacial score (nSPS) is 11.8. The Morgan fingerprint density at radius 2 is 1.75 bits per heavy atom. The van der Waals surface area contributed by atoms with Gasteiger partial charge in [0.25, 0.3) is 0 Å². The molecular weight excluding hydrogens is 164 g/mol. The first-order valence-corrected chi connectivity index (χ1v) is 4.66. The molecule has 0 amide bonds. The van der Waals surface area contributed by atoms with E-state index < -0.39 is 0 Å². The van der Waals surface area contributed by atoms with Gasteiger partial charge < -0.3 is 0 Å². The largest absolute Gasteiger partial charge is 0.143 e. The molecule has 0 spiro atoms. The number of hydrogen-bond acceptors (Lipinski definition) is 1. The van der Waals surface area contributed by atoms with Crippen LogP contribution in [0.4, 0.5) is 0 Å². The first-order valence-electron chi connectivity index (χ1n) is 4.21. The number of benzene rings is 1. The molecular formula is C11H16S. The number of thiol groups is 1. The molecule has 1 heteroatoms. The van der Waals surface area contributed by atoms with Gasteiger partial charge in [-0.2, -0.15) is 0 Å². The molecule has 0 radical (unpaired) electrons. The molecule has 1 aromatic rings. The van der Waals surface area contributed by atoms with E-state index in [1.54, 1.807) is 0 Å². The SMILES string of the molecule is Cc1cc(S)ccc1C(C)(C)C. The van der Waals surface area contributed by atoms with E-state index in [0.29, 0.717) is 0 Å². The smallest absolute Gasteiger partial charge is 0.00428 e. The van der Waals surface area contributed by atoms with Gasteiger partial charge in [0.05, 0.1) is 0 Å². The second-order valence-electron chi connectivity index (χ2n) is 4.25. The minimum Gasteiger partial charge on any atom is -0.143 e. The van der Waals surface area contributed by atoms with Gasteiger partial charge in [0.1, 0.15) is 0 Å². The Kier molecular flexibility index (Phi) is 2.52. The van der Waals surface area contributed by atoms with Crippen LogP contribution in [-0.4, -0.2) is 0 Å². The highest BCUT2D eigenvalue weighted by molar-refractivity contribution is 7.80. The van der Waals surface area contributed by atoms with Crippen molar-refractivity contribution in [2.24, 2.45) is 0 Å². The van der Waals surface area contributed by atoms with E-state index in [0.717, 1.165) is 4.90 Å². The highest BCUT2D eigenvalue weighted by Crippen LogP contribution is 2.26. The van der Waals surface area contributed by atoms with Crippen molar-refractivity contribution in [1.82, 2.24) is 0 Å². The molecule has 12 heavy (non-hydrogen) atoms. The zero-order valence-corrected chi connectivity index (χ0v) is 9.07. The van der Waals surface area contributed by atoms with Crippen LogP contribution in [0.1, 0.15) is 31.9 Å². The summed E-state index contributed by atoms with van der Waals surface area (Å²) in [6, 6.07) is 6.33. The van der Waals surface area contributed by atoms with Gasteiger partial charge in [0, 0.05) is 4.90 Å². The summed E-state index contributed by atoms with van der Waals surface area (Å²) >= 11 is 4.30. The average molecular weight is 180 g/mol. The molecule has 0 aromatic heterocycles. The van der Waals surface area contributed by atoms with Gasteiger partial charge in [0.2, 0.25) is 0 Å². The maximum atomic E-state index is 4.30. The van der Waals surface area contributed by atoms with Crippen LogP contribution < -0.4 is 0 Å². The van der Waals surface area contributed by atoms with Crippen LogP contribution >= 0.6 is 12.6 Å². The van der Waals surface area contributed by atoms with E-state index >= 15 is 0 Å². The molecule has 0 bridgehead atoms. The molecule has 0 N–H and O–H groups in total. The summed E-state index contributed by atoms with van der Waals surface area (Å²) in [7, 11) is 0. The van der Waals surface area contributed by atoms with E-state index in [-0.39, 0.29) is 5.41 Å². The van der Waals surface area contributed by atoms with Crippen LogP contribution in [0.25, 0.3) is 0 Å². The highest BCUT2D eigenvalue weighted by atomic mass is 32.1. The lowest BCUT2D eigenvalue weighted by molar-refractivity contribution is 0.585. The Bertz CT molecular complexity index is 282. The molecule has 0 unspecified atom stereocenters. The molecule has 0 aliphatic rings. The van der Waals surface area contributed by atoms with Crippen LogP contribution in [0.15, 0.2) is 23.1 Å². The minimum absolute atomic E-state index is 0.242. The summed E-state index contributed by atoms with van der Waals surface area (Å²) < 4.78 is 0. The lowest BCUT2D eigenvalue weighted by Gasteiger charge is -2.21. The molecule has 66 valence electrons. The second-order valence-corrected chi connectivity index (χ2v) is 4.77. The van der Waals surface area contributed by atoms with E-state index in [1.165, 1.54) is 11.1 Å². The number of aryl methyl sites for hydroxylation is 1. The van der Waals surface area contributed by atoms with Crippen molar-refractivity contribution in [1.29, 1.82) is 0 Å². The Hall–Kier alpha value is -0.430. The molecule has 0 aliphatic heterocycles. The summed E-state index contributed by atoms with van der Waals surface area (Å²) in [6.45, 7) is 8.83. The third kappa shape index (κ3) is 2.04. The molecule has 0 fully saturated rings. The summed E-state index contributed by atoms with van der Waals surface area (Å²) in [5.41, 5.74) is 2.97. The van der Waals surface area contributed by atoms with Gasteiger partial charge in [-0.1, -0.05) is 26.8 Å². The van der Waals surface area contributed by atoms with Crippen molar-refractivity contribution in [3.05, 3.63) is 29.3 Å². The predicted octanol–water partition coefficient (Wildman–Crippen LogP) is 3.58. The summed E-state index contributed by atoms with van der Waals surface area (Å²) in [4.78, 5) is 1.04. The molecule has 0 atom stereocenters. The highest BCUT2D eigenvalue weighted by Gasteiger charge is 2.15. The van der Waals surface area contributed by atoms with Crippen molar-refractivity contribution in [3.8, 4) is 0 Å². The fourth-order valence-electron chi connectivity index (χ4n) is 1.49. The topological polar surface area (TPSA) is 0 Å². The summed E-state index contributed by atoms with van der Waals surface area (Å²) in [5, 5.41) is 0. The second kappa shape index (κ2) is 3.14. The zero-order chi connectivity index (χ0) is 9.35. The monoisotopic (exact) mass is 180 g/mol. The van der Waals surface area contributed by atoms with Crippen LogP contribution in [0.3, 0.4) is 0 Å². The molecule has 0 nitrogen and oxygen atoms in total.